The van der Waals surface area contributed by atoms with Crippen LogP contribution in [0.2, 0.25) is 0 Å². The van der Waals surface area contributed by atoms with E-state index in [1.165, 1.54) is 16.0 Å². The van der Waals surface area contributed by atoms with Crippen LogP contribution in [-0.2, 0) is 6.42 Å². The molecule has 0 aliphatic heterocycles. The molecule has 0 heterocycles. The lowest BCUT2D eigenvalue weighted by atomic mass is 10.0. The molecule has 2 N–H and O–H groups in total. The Hall–Kier alpha value is -0.670. The largest absolute Gasteiger partial charge is 0.496 e. The number of ether oxygens (including phenoxy) is 1. The minimum Gasteiger partial charge on any atom is -0.496 e. The molecule has 2 nitrogen and oxygen atoms in total. The smallest absolute Gasteiger partial charge is 0.122 e. The van der Waals surface area contributed by atoms with Crippen LogP contribution in [0.25, 0.3) is 0 Å². The van der Waals surface area contributed by atoms with E-state index in [9.17, 15) is 0 Å². The summed E-state index contributed by atoms with van der Waals surface area (Å²) in [4.78, 5) is 1.30. The highest BCUT2D eigenvalue weighted by Gasteiger charge is 2.08. The van der Waals surface area contributed by atoms with Crippen molar-refractivity contribution in [3.05, 3.63) is 23.3 Å². The number of nitrogens with two attached hydrogens (primary N) is 1. The zero-order valence-corrected chi connectivity index (χ0v) is 10.6. The molecule has 3 heteroatoms. The summed E-state index contributed by atoms with van der Waals surface area (Å²) >= 11 is 1.76. The zero-order chi connectivity index (χ0) is 11.4. The first-order valence-electron chi connectivity index (χ1n) is 5.05. The number of hydrogen-bond donors (Lipinski definition) is 1. The highest BCUT2D eigenvalue weighted by Crippen LogP contribution is 2.29. The van der Waals surface area contributed by atoms with Crippen molar-refractivity contribution < 1.29 is 4.74 Å². The van der Waals surface area contributed by atoms with Crippen molar-refractivity contribution in [1.82, 2.24) is 0 Å². The van der Waals surface area contributed by atoms with Crippen LogP contribution in [0.4, 0.5) is 0 Å². The molecule has 0 saturated carbocycles. The Balaban J connectivity index is 3.10. The van der Waals surface area contributed by atoms with Gasteiger partial charge in [-0.2, -0.15) is 0 Å². The van der Waals surface area contributed by atoms with Gasteiger partial charge < -0.3 is 10.5 Å². The van der Waals surface area contributed by atoms with Gasteiger partial charge in [-0.1, -0.05) is 0 Å². The van der Waals surface area contributed by atoms with E-state index in [4.69, 9.17) is 10.5 Å². The van der Waals surface area contributed by atoms with Gasteiger partial charge in [0.2, 0.25) is 0 Å². The fraction of sp³-hybridized carbons (Fsp3) is 0.500. The molecule has 0 bridgehead atoms. The van der Waals surface area contributed by atoms with Gasteiger partial charge in [0, 0.05) is 10.9 Å². The Morgan fingerprint density at radius 3 is 2.60 bits per heavy atom. The third kappa shape index (κ3) is 3.14. The standard InChI is InChI=1S/C12H19NOS/c1-8-5-12(15-4)10(6-9(2)13)7-11(8)14-3/h5,7,9H,6,13H2,1-4H3/t9-/m1/s1. The van der Waals surface area contributed by atoms with Gasteiger partial charge in [-0.05, 0) is 49.8 Å². The molecule has 0 aliphatic carbocycles. The lowest BCUT2D eigenvalue weighted by molar-refractivity contribution is 0.410. The van der Waals surface area contributed by atoms with Crippen LogP contribution in [0.3, 0.4) is 0 Å². The number of benzene rings is 1. The second-order valence-electron chi connectivity index (χ2n) is 3.82. The topological polar surface area (TPSA) is 35.2 Å². The summed E-state index contributed by atoms with van der Waals surface area (Å²) in [6.07, 6.45) is 2.98. The van der Waals surface area contributed by atoms with E-state index in [2.05, 4.69) is 25.3 Å². The Labute approximate surface area is 96.2 Å². The molecule has 0 spiro atoms. The molecule has 1 aromatic rings. The van der Waals surface area contributed by atoms with Gasteiger partial charge >= 0.3 is 0 Å². The molecule has 0 aliphatic rings. The molecule has 1 rings (SSSR count). The van der Waals surface area contributed by atoms with Crippen LogP contribution in [0.1, 0.15) is 18.1 Å². The summed E-state index contributed by atoms with van der Waals surface area (Å²) in [6.45, 7) is 4.09. The number of rotatable bonds is 4. The summed E-state index contributed by atoms with van der Waals surface area (Å²) in [6, 6.07) is 4.45. The maximum atomic E-state index is 5.83. The molecular formula is C12H19NOS. The van der Waals surface area contributed by atoms with Gasteiger partial charge in [0.15, 0.2) is 0 Å². The van der Waals surface area contributed by atoms with E-state index in [1.54, 1.807) is 18.9 Å². The summed E-state index contributed by atoms with van der Waals surface area (Å²) in [5, 5.41) is 0. The Morgan fingerprint density at radius 2 is 2.13 bits per heavy atom. The normalized spacial score (nSPS) is 12.6. The monoisotopic (exact) mass is 225 g/mol. The molecule has 0 unspecified atom stereocenters. The molecule has 1 atom stereocenters. The van der Waals surface area contributed by atoms with Crippen molar-refractivity contribution in [2.75, 3.05) is 13.4 Å². The number of thioether (sulfide) groups is 1. The SMILES string of the molecule is COc1cc(C[C@@H](C)N)c(SC)cc1C. The van der Waals surface area contributed by atoms with E-state index < -0.39 is 0 Å². The van der Waals surface area contributed by atoms with Gasteiger partial charge in [-0.3, -0.25) is 0 Å². The Bertz CT molecular complexity index is 337. The quantitative estimate of drug-likeness (QED) is 0.800. The van der Waals surface area contributed by atoms with Gasteiger partial charge in [0.05, 0.1) is 7.11 Å². The third-order valence-electron chi connectivity index (χ3n) is 2.34. The maximum Gasteiger partial charge on any atom is 0.122 e. The average Bonchev–Trinajstić information content (AvgIpc) is 2.19. The molecule has 84 valence electrons. The van der Waals surface area contributed by atoms with Crippen LogP contribution in [-0.4, -0.2) is 19.4 Å². The highest BCUT2D eigenvalue weighted by molar-refractivity contribution is 7.98. The molecule has 1 aromatic carbocycles. The van der Waals surface area contributed by atoms with Gasteiger partial charge in [0.1, 0.15) is 5.75 Å². The number of aryl methyl sites for hydroxylation is 1. The molecule has 0 aromatic heterocycles. The number of methoxy groups -OCH3 is 1. The summed E-state index contributed by atoms with van der Waals surface area (Å²) < 4.78 is 5.32. The first-order chi connectivity index (χ1) is 7.08. The van der Waals surface area contributed by atoms with Crippen LogP contribution >= 0.6 is 11.8 Å². The van der Waals surface area contributed by atoms with Crippen molar-refractivity contribution in [1.29, 1.82) is 0 Å². The van der Waals surface area contributed by atoms with Crippen LogP contribution in [0, 0.1) is 6.92 Å². The second kappa shape index (κ2) is 5.42. The van der Waals surface area contributed by atoms with Crippen molar-refractivity contribution in [3.63, 3.8) is 0 Å². The Kier molecular flexibility index (Phi) is 4.48. The van der Waals surface area contributed by atoms with Crippen LogP contribution < -0.4 is 10.5 Å². The fourth-order valence-electron chi connectivity index (χ4n) is 1.62. The molecule has 15 heavy (non-hydrogen) atoms. The lowest BCUT2D eigenvalue weighted by Gasteiger charge is -2.14. The molecule has 0 amide bonds. The molecular weight excluding hydrogens is 206 g/mol. The minimum absolute atomic E-state index is 0.184. The zero-order valence-electron chi connectivity index (χ0n) is 9.83. The van der Waals surface area contributed by atoms with Crippen molar-refractivity contribution in [3.8, 4) is 5.75 Å². The fourth-order valence-corrected chi connectivity index (χ4v) is 2.32. The predicted molar refractivity (Wildman–Crippen MR) is 66.9 cm³/mol. The van der Waals surface area contributed by atoms with E-state index in [1.807, 2.05) is 6.92 Å². The third-order valence-corrected chi connectivity index (χ3v) is 3.16. The lowest BCUT2D eigenvalue weighted by Crippen LogP contribution is -2.18. The van der Waals surface area contributed by atoms with Crippen molar-refractivity contribution >= 4 is 11.8 Å². The van der Waals surface area contributed by atoms with Crippen molar-refractivity contribution in [2.45, 2.75) is 31.2 Å². The van der Waals surface area contributed by atoms with Gasteiger partial charge in [0.25, 0.3) is 0 Å². The van der Waals surface area contributed by atoms with E-state index in [-0.39, 0.29) is 6.04 Å². The summed E-state index contributed by atoms with van der Waals surface area (Å²) in [5.74, 6) is 0.948. The van der Waals surface area contributed by atoms with Crippen LogP contribution in [0.5, 0.6) is 5.75 Å². The van der Waals surface area contributed by atoms with E-state index in [0.29, 0.717) is 0 Å². The molecule has 0 saturated heterocycles. The minimum atomic E-state index is 0.184. The van der Waals surface area contributed by atoms with Crippen molar-refractivity contribution in [2.24, 2.45) is 5.73 Å². The predicted octanol–water partition coefficient (Wildman–Crippen LogP) is 2.62. The van der Waals surface area contributed by atoms with E-state index in [0.717, 1.165) is 12.2 Å². The van der Waals surface area contributed by atoms with E-state index >= 15 is 0 Å². The number of hydrogen-bond acceptors (Lipinski definition) is 3. The second-order valence-corrected chi connectivity index (χ2v) is 4.66. The Morgan fingerprint density at radius 1 is 1.47 bits per heavy atom. The van der Waals surface area contributed by atoms with Gasteiger partial charge in [-0.25, -0.2) is 0 Å². The maximum absolute atomic E-state index is 5.83. The highest BCUT2D eigenvalue weighted by atomic mass is 32.2. The van der Waals surface area contributed by atoms with Gasteiger partial charge in [-0.15, -0.1) is 11.8 Å². The summed E-state index contributed by atoms with van der Waals surface area (Å²) in [7, 11) is 1.71. The average molecular weight is 225 g/mol. The van der Waals surface area contributed by atoms with Crippen LogP contribution in [0.15, 0.2) is 17.0 Å². The molecule has 0 radical (unpaired) electrons. The molecule has 0 fully saturated rings. The first kappa shape index (κ1) is 12.4. The first-order valence-corrected chi connectivity index (χ1v) is 6.28. The summed E-state index contributed by atoms with van der Waals surface area (Å²) in [5.41, 5.74) is 8.28.